The summed E-state index contributed by atoms with van der Waals surface area (Å²) in [5, 5.41) is 14.1. The Morgan fingerprint density at radius 3 is 2.85 bits per heavy atom. The molecule has 0 spiro atoms. The molecule has 1 aromatic rings. The van der Waals surface area contributed by atoms with E-state index >= 15 is 0 Å². The van der Waals surface area contributed by atoms with E-state index in [1.54, 1.807) is 0 Å². The van der Waals surface area contributed by atoms with Crippen LogP contribution in [0, 0.1) is 0 Å². The van der Waals surface area contributed by atoms with Crippen molar-refractivity contribution in [3.05, 3.63) is 12.4 Å². The summed E-state index contributed by atoms with van der Waals surface area (Å²) in [5.41, 5.74) is 0.209. The molecule has 0 aliphatic carbocycles. The molecule has 0 unspecified atom stereocenters. The van der Waals surface area contributed by atoms with Crippen LogP contribution in [0.4, 0.5) is 5.69 Å². The lowest BCUT2D eigenvalue weighted by Gasteiger charge is -2.01. The number of sulfonamides is 1. The fraction of sp³-hybridized carbons (Fsp3) is 0.200. The lowest BCUT2D eigenvalue weighted by atomic mass is 10.6. The number of rotatable bonds is 4. The van der Waals surface area contributed by atoms with E-state index in [1.807, 2.05) is 4.72 Å². The van der Waals surface area contributed by atoms with Crippen molar-refractivity contribution in [2.24, 2.45) is 0 Å². The van der Waals surface area contributed by atoms with Crippen molar-refractivity contribution < 1.29 is 18.3 Å². The number of H-pyrrole nitrogens is 1. The van der Waals surface area contributed by atoms with E-state index in [9.17, 15) is 13.2 Å². The van der Waals surface area contributed by atoms with E-state index in [-0.39, 0.29) is 5.69 Å². The molecule has 72 valence electrons. The largest absolute Gasteiger partial charge is 0.480 e. The predicted octanol–water partition coefficient (Wildman–Crippen LogP) is -0.764. The van der Waals surface area contributed by atoms with Crippen molar-refractivity contribution in [3.8, 4) is 0 Å². The molecule has 1 rings (SSSR count). The van der Waals surface area contributed by atoms with E-state index in [4.69, 9.17) is 5.11 Å². The molecule has 0 aliphatic heterocycles. The van der Waals surface area contributed by atoms with Gasteiger partial charge in [0.25, 0.3) is 0 Å². The standard InChI is InChI=1S/C5H7N3O4S/c9-5(10)3-13(11,12)8-4-1-6-7-2-4/h1-2,8H,3H2,(H,6,7)(H,9,10). The molecular formula is C5H7N3O4S. The minimum Gasteiger partial charge on any atom is -0.480 e. The normalized spacial score (nSPS) is 11.1. The Bertz CT molecular complexity index is 382. The van der Waals surface area contributed by atoms with Gasteiger partial charge in [-0.15, -0.1) is 0 Å². The van der Waals surface area contributed by atoms with Crippen LogP contribution in [-0.4, -0.2) is 35.4 Å². The van der Waals surface area contributed by atoms with Crippen LogP contribution in [0.3, 0.4) is 0 Å². The van der Waals surface area contributed by atoms with Gasteiger partial charge in [0.2, 0.25) is 10.0 Å². The van der Waals surface area contributed by atoms with Crippen LogP contribution >= 0.6 is 0 Å². The SMILES string of the molecule is O=C(O)CS(=O)(=O)Nc1cn[nH]c1. The van der Waals surface area contributed by atoms with Crippen LogP contribution in [-0.2, 0) is 14.8 Å². The van der Waals surface area contributed by atoms with Crippen LogP contribution < -0.4 is 4.72 Å². The van der Waals surface area contributed by atoms with E-state index in [2.05, 4.69) is 10.2 Å². The fourth-order valence-corrected chi connectivity index (χ4v) is 1.55. The molecule has 7 nitrogen and oxygen atoms in total. The van der Waals surface area contributed by atoms with Gasteiger partial charge in [0.1, 0.15) is 0 Å². The van der Waals surface area contributed by atoms with Crippen molar-refractivity contribution in [2.75, 3.05) is 10.5 Å². The minimum atomic E-state index is -3.81. The smallest absolute Gasteiger partial charge is 0.320 e. The Hall–Kier alpha value is -1.57. The highest BCUT2D eigenvalue weighted by Gasteiger charge is 2.15. The van der Waals surface area contributed by atoms with Crippen molar-refractivity contribution in [1.29, 1.82) is 0 Å². The first-order valence-electron chi connectivity index (χ1n) is 3.21. The van der Waals surface area contributed by atoms with E-state index in [0.717, 1.165) is 0 Å². The number of hydrogen-bond donors (Lipinski definition) is 3. The third kappa shape index (κ3) is 3.11. The zero-order valence-electron chi connectivity index (χ0n) is 6.39. The van der Waals surface area contributed by atoms with Crippen LogP contribution in [0.1, 0.15) is 0 Å². The molecule has 1 heterocycles. The molecule has 0 amide bonds. The number of carboxylic acid groups (broad SMARTS) is 1. The first-order valence-corrected chi connectivity index (χ1v) is 4.86. The highest BCUT2D eigenvalue weighted by atomic mass is 32.2. The molecule has 0 aromatic carbocycles. The lowest BCUT2D eigenvalue weighted by molar-refractivity contribution is -0.134. The average Bonchev–Trinajstić information content (AvgIpc) is 2.34. The number of carboxylic acids is 1. The predicted molar refractivity (Wildman–Crippen MR) is 43.6 cm³/mol. The Morgan fingerprint density at radius 1 is 1.69 bits per heavy atom. The average molecular weight is 205 g/mol. The summed E-state index contributed by atoms with van der Waals surface area (Å²) in [7, 11) is -3.81. The molecule has 0 aliphatic rings. The lowest BCUT2D eigenvalue weighted by Crippen LogP contribution is -2.22. The molecule has 0 radical (unpaired) electrons. The summed E-state index contributed by atoms with van der Waals surface area (Å²) in [6.45, 7) is 0. The summed E-state index contributed by atoms with van der Waals surface area (Å²) in [6, 6.07) is 0. The minimum absolute atomic E-state index is 0.209. The monoisotopic (exact) mass is 205 g/mol. The zero-order chi connectivity index (χ0) is 9.90. The Labute approximate surface area is 73.8 Å². The molecule has 0 atom stereocenters. The van der Waals surface area contributed by atoms with Gasteiger partial charge in [0.05, 0.1) is 11.9 Å². The van der Waals surface area contributed by atoms with Crippen LogP contribution in [0.25, 0.3) is 0 Å². The maximum atomic E-state index is 11.0. The topological polar surface area (TPSA) is 112 Å². The molecule has 0 saturated carbocycles. The van der Waals surface area contributed by atoms with Crippen LogP contribution in [0.15, 0.2) is 12.4 Å². The van der Waals surface area contributed by atoms with E-state index < -0.39 is 21.7 Å². The number of aromatic nitrogens is 2. The van der Waals surface area contributed by atoms with Gasteiger partial charge in [-0.05, 0) is 0 Å². The number of aromatic amines is 1. The Morgan fingerprint density at radius 2 is 2.38 bits per heavy atom. The highest BCUT2D eigenvalue weighted by Crippen LogP contribution is 2.04. The van der Waals surface area contributed by atoms with Crippen molar-refractivity contribution in [1.82, 2.24) is 10.2 Å². The summed E-state index contributed by atoms with van der Waals surface area (Å²) >= 11 is 0. The van der Waals surface area contributed by atoms with Crippen molar-refractivity contribution in [2.45, 2.75) is 0 Å². The second-order valence-corrected chi connectivity index (χ2v) is 3.96. The molecule has 0 saturated heterocycles. The number of anilines is 1. The first-order chi connectivity index (χ1) is 5.99. The Balaban J connectivity index is 2.68. The molecule has 0 fully saturated rings. The second kappa shape index (κ2) is 3.44. The highest BCUT2D eigenvalue weighted by molar-refractivity contribution is 7.93. The van der Waals surface area contributed by atoms with Gasteiger partial charge >= 0.3 is 5.97 Å². The van der Waals surface area contributed by atoms with Gasteiger partial charge < -0.3 is 5.11 Å². The fourth-order valence-electron chi connectivity index (χ4n) is 0.685. The van der Waals surface area contributed by atoms with E-state index in [1.165, 1.54) is 12.4 Å². The summed E-state index contributed by atoms with van der Waals surface area (Å²) in [6.07, 6.45) is 2.54. The molecular weight excluding hydrogens is 198 g/mol. The van der Waals surface area contributed by atoms with Gasteiger partial charge in [-0.2, -0.15) is 5.10 Å². The molecule has 13 heavy (non-hydrogen) atoms. The third-order valence-electron chi connectivity index (χ3n) is 1.09. The van der Waals surface area contributed by atoms with Gasteiger partial charge in [-0.1, -0.05) is 0 Å². The number of hydrogen-bond acceptors (Lipinski definition) is 4. The quantitative estimate of drug-likeness (QED) is 0.597. The molecule has 0 bridgehead atoms. The summed E-state index contributed by atoms with van der Waals surface area (Å²) < 4.78 is 24.0. The van der Waals surface area contributed by atoms with Crippen LogP contribution in [0.5, 0.6) is 0 Å². The maximum absolute atomic E-state index is 11.0. The number of aliphatic carboxylic acids is 1. The Kier molecular flexibility index (Phi) is 2.52. The molecule has 1 aromatic heterocycles. The van der Waals surface area contributed by atoms with Gasteiger partial charge in [0, 0.05) is 6.20 Å². The van der Waals surface area contributed by atoms with Crippen molar-refractivity contribution >= 4 is 21.7 Å². The van der Waals surface area contributed by atoms with Gasteiger partial charge in [-0.25, -0.2) is 8.42 Å². The number of nitrogens with one attached hydrogen (secondary N) is 2. The number of carbonyl (C=O) groups is 1. The molecule has 3 N–H and O–H groups in total. The zero-order valence-corrected chi connectivity index (χ0v) is 7.21. The maximum Gasteiger partial charge on any atom is 0.320 e. The number of nitrogens with zero attached hydrogens (tertiary/aromatic N) is 1. The van der Waals surface area contributed by atoms with E-state index in [0.29, 0.717) is 0 Å². The second-order valence-electron chi connectivity index (χ2n) is 2.24. The summed E-state index contributed by atoms with van der Waals surface area (Å²) in [4.78, 5) is 10.1. The van der Waals surface area contributed by atoms with Crippen LogP contribution in [0.2, 0.25) is 0 Å². The molecule has 8 heteroatoms. The van der Waals surface area contributed by atoms with Crippen molar-refractivity contribution in [3.63, 3.8) is 0 Å². The first kappa shape index (κ1) is 9.52. The third-order valence-corrected chi connectivity index (χ3v) is 2.26. The van der Waals surface area contributed by atoms with Gasteiger partial charge in [0.15, 0.2) is 5.75 Å². The van der Waals surface area contributed by atoms with Gasteiger partial charge in [-0.3, -0.25) is 14.6 Å². The summed E-state index contributed by atoms with van der Waals surface area (Å²) in [5.74, 6) is -2.37.